The normalized spacial score (nSPS) is 23.4. The van der Waals surface area contributed by atoms with Crippen LogP contribution in [0.3, 0.4) is 0 Å². The van der Waals surface area contributed by atoms with Gasteiger partial charge in [-0.3, -0.25) is 4.79 Å². The van der Waals surface area contributed by atoms with Gasteiger partial charge in [-0.1, -0.05) is 48.5 Å². The van der Waals surface area contributed by atoms with E-state index in [0.717, 1.165) is 22.3 Å². The standard InChI is InChI=1S/C26H28N2O7/c29-24(28-9-10-33-15-23(28)25(30)31)16-11-17(34-13-16)12-27-26(32)35-14-22-20-7-3-1-5-18(20)19-6-2-4-8-21(19)22/h1-8,16-17,22-23H,9-15H2,(H,27,32)(H,30,31)/t16-,17-,23?/m0/s1. The number of carbonyl (C=O) groups is 3. The topological polar surface area (TPSA) is 114 Å². The van der Waals surface area contributed by atoms with Crippen molar-refractivity contribution in [2.24, 2.45) is 5.92 Å². The first-order chi connectivity index (χ1) is 17.0. The Morgan fingerprint density at radius 1 is 1.03 bits per heavy atom. The number of carbonyl (C=O) groups excluding carboxylic acids is 2. The van der Waals surface area contributed by atoms with Crippen molar-refractivity contribution in [1.82, 2.24) is 10.2 Å². The summed E-state index contributed by atoms with van der Waals surface area (Å²) in [7, 11) is 0. The van der Waals surface area contributed by atoms with E-state index in [-0.39, 0.29) is 50.8 Å². The minimum Gasteiger partial charge on any atom is -0.480 e. The van der Waals surface area contributed by atoms with Crippen LogP contribution < -0.4 is 5.32 Å². The first-order valence-corrected chi connectivity index (χ1v) is 11.8. The van der Waals surface area contributed by atoms with Crippen molar-refractivity contribution in [3.05, 3.63) is 59.7 Å². The number of nitrogens with one attached hydrogen (secondary N) is 1. The average Bonchev–Trinajstić information content (AvgIpc) is 3.49. The lowest BCUT2D eigenvalue weighted by atomic mass is 9.98. The van der Waals surface area contributed by atoms with Crippen molar-refractivity contribution in [2.75, 3.05) is 39.5 Å². The maximum absolute atomic E-state index is 12.9. The van der Waals surface area contributed by atoms with Crippen molar-refractivity contribution >= 4 is 18.0 Å². The van der Waals surface area contributed by atoms with Crippen molar-refractivity contribution in [1.29, 1.82) is 0 Å². The van der Waals surface area contributed by atoms with Crippen LogP contribution in [-0.2, 0) is 23.8 Å². The Hall–Kier alpha value is -3.43. The highest BCUT2D eigenvalue weighted by Crippen LogP contribution is 2.44. The maximum atomic E-state index is 12.9. The van der Waals surface area contributed by atoms with Crippen LogP contribution in [0.25, 0.3) is 11.1 Å². The number of nitrogens with zero attached hydrogens (tertiary/aromatic N) is 1. The molecule has 0 saturated carbocycles. The van der Waals surface area contributed by atoms with Gasteiger partial charge >= 0.3 is 12.1 Å². The predicted octanol–water partition coefficient (Wildman–Crippen LogP) is 2.24. The van der Waals surface area contributed by atoms with Crippen molar-refractivity contribution < 1.29 is 33.7 Å². The molecule has 184 valence electrons. The Bertz CT molecular complexity index is 1070. The zero-order chi connectivity index (χ0) is 24.4. The Morgan fingerprint density at radius 3 is 2.40 bits per heavy atom. The summed E-state index contributed by atoms with van der Waals surface area (Å²) in [5.74, 6) is -1.78. The van der Waals surface area contributed by atoms with Gasteiger partial charge in [0.1, 0.15) is 6.61 Å². The molecule has 9 nitrogen and oxygen atoms in total. The van der Waals surface area contributed by atoms with Crippen LogP contribution in [0.1, 0.15) is 23.5 Å². The van der Waals surface area contributed by atoms with Crippen LogP contribution in [0.4, 0.5) is 4.79 Å². The molecule has 35 heavy (non-hydrogen) atoms. The van der Waals surface area contributed by atoms with E-state index < -0.39 is 24.0 Å². The molecule has 0 radical (unpaired) electrons. The molecule has 0 aromatic heterocycles. The van der Waals surface area contributed by atoms with Gasteiger partial charge in [0.25, 0.3) is 0 Å². The lowest BCUT2D eigenvalue weighted by Gasteiger charge is -2.34. The molecule has 1 unspecified atom stereocenters. The second-order valence-electron chi connectivity index (χ2n) is 9.05. The summed E-state index contributed by atoms with van der Waals surface area (Å²) >= 11 is 0. The number of aliphatic carboxylic acids is 1. The summed E-state index contributed by atoms with van der Waals surface area (Å²) in [6, 6.07) is 15.3. The zero-order valence-electron chi connectivity index (χ0n) is 19.2. The number of benzene rings is 2. The summed E-state index contributed by atoms with van der Waals surface area (Å²) in [6.07, 6.45) is -0.468. The van der Waals surface area contributed by atoms with Gasteiger partial charge in [-0.2, -0.15) is 0 Å². The minimum absolute atomic E-state index is 0.0125. The lowest BCUT2D eigenvalue weighted by molar-refractivity contribution is -0.160. The van der Waals surface area contributed by atoms with Gasteiger partial charge in [-0.25, -0.2) is 9.59 Å². The van der Waals surface area contributed by atoms with Crippen LogP contribution in [0.15, 0.2) is 48.5 Å². The van der Waals surface area contributed by atoms with E-state index in [0.29, 0.717) is 13.0 Å². The van der Waals surface area contributed by atoms with Crippen LogP contribution >= 0.6 is 0 Å². The van der Waals surface area contributed by atoms with Crippen LogP contribution in [0, 0.1) is 5.92 Å². The monoisotopic (exact) mass is 480 g/mol. The van der Waals surface area contributed by atoms with Gasteiger partial charge in [-0.15, -0.1) is 0 Å². The number of alkyl carbamates (subject to hydrolysis) is 1. The molecule has 2 aromatic carbocycles. The number of carboxylic acid groups (broad SMARTS) is 1. The Morgan fingerprint density at radius 2 is 1.71 bits per heavy atom. The highest BCUT2D eigenvalue weighted by Gasteiger charge is 2.39. The van der Waals surface area contributed by atoms with Gasteiger partial charge < -0.3 is 29.5 Å². The molecule has 2 aromatic rings. The first-order valence-electron chi connectivity index (χ1n) is 11.8. The summed E-state index contributed by atoms with van der Waals surface area (Å²) in [6.45, 7) is 1.18. The van der Waals surface area contributed by atoms with Crippen LogP contribution in [0.2, 0.25) is 0 Å². The second-order valence-corrected chi connectivity index (χ2v) is 9.05. The molecule has 3 aliphatic rings. The third-order valence-electron chi connectivity index (χ3n) is 6.94. The molecule has 0 bridgehead atoms. The summed E-state index contributed by atoms with van der Waals surface area (Å²) in [5.41, 5.74) is 4.62. The highest BCUT2D eigenvalue weighted by atomic mass is 16.5. The number of hydrogen-bond donors (Lipinski definition) is 2. The highest BCUT2D eigenvalue weighted by molar-refractivity contribution is 5.85. The molecule has 0 spiro atoms. The van der Waals surface area contributed by atoms with Crippen molar-refractivity contribution in [3.8, 4) is 11.1 Å². The van der Waals surface area contributed by atoms with E-state index in [4.69, 9.17) is 14.2 Å². The molecule has 1 aliphatic carbocycles. The molecule has 2 N–H and O–H groups in total. The van der Waals surface area contributed by atoms with E-state index >= 15 is 0 Å². The quantitative estimate of drug-likeness (QED) is 0.652. The van der Waals surface area contributed by atoms with Gasteiger partial charge in [0.15, 0.2) is 6.04 Å². The summed E-state index contributed by atoms with van der Waals surface area (Å²) < 4.78 is 16.5. The minimum atomic E-state index is -1.08. The van der Waals surface area contributed by atoms with Gasteiger partial charge in [0.05, 0.1) is 31.8 Å². The number of rotatable bonds is 6. The number of morpholine rings is 1. The van der Waals surface area contributed by atoms with Crippen molar-refractivity contribution in [2.45, 2.75) is 24.5 Å². The molecule has 2 amide bonds. The fourth-order valence-electron chi connectivity index (χ4n) is 5.17. The van der Waals surface area contributed by atoms with E-state index in [9.17, 15) is 19.5 Å². The van der Waals surface area contributed by atoms with Crippen molar-refractivity contribution in [3.63, 3.8) is 0 Å². The smallest absolute Gasteiger partial charge is 0.407 e. The number of carboxylic acids is 1. The van der Waals surface area contributed by atoms with Gasteiger partial charge in [-0.05, 0) is 28.7 Å². The van der Waals surface area contributed by atoms with Crippen LogP contribution in [0.5, 0.6) is 0 Å². The summed E-state index contributed by atoms with van der Waals surface area (Å²) in [5, 5.41) is 12.1. The first kappa shape index (κ1) is 23.3. The zero-order valence-corrected chi connectivity index (χ0v) is 19.2. The Labute approximate surface area is 203 Å². The Balaban J connectivity index is 1.11. The molecule has 2 fully saturated rings. The van der Waals surface area contributed by atoms with Crippen LogP contribution in [-0.4, -0.2) is 79.6 Å². The third-order valence-corrected chi connectivity index (χ3v) is 6.94. The second kappa shape index (κ2) is 10.1. The number of amides is 2. The molecule has 9 heteroatoms. The fourth-order valence-corrected chi connectivity index (χ4v) is 5.17. The van der Waals surface area contributed by atoms with E-state index in [1.807, 2.05) is 24.3 Å². The molecule has 2 heterocycles. The average molecular weight is 481 g/mol. The molecule has 2 aliphatic heterocycles. The molecule has 2 saturated heterocycles. The van der Waals surface area contributed by atoms with Gasteiger partial charge in [0.2, 0.25) is 5.91 Å². The van der Waals surface area contributed by atoms with E-state index in [1.54, 1.807) is 0 Å². The third kappa shape index (κ3) is 4.74. The number of fused-ring (bicyclic) bond motifs is 3. The fraction of sp³-hybridized carbons (Fsp3) is 0.423. The molecule has 5 rings (SSSR count). The maximum Gasteiger partial charge on any atom is 0.407 e. The molecular weight excluding hydrogens is 452 g/mol. The lowest BCUT2D eigenvalue weighted by Crippen LogP contribution is -2.54. The number of ether oxygens (including phenoxy) is 3. The van der Waals surface area contributed by atoms with E-state index in [2.05, 4.69) is 29.6 Å². The van der Waals surface area contributed by atoms with E-state index in [1.165, 1.54) is 4.90 Å². The van der Waals surface area contributed by atoms with Gasteiger partial charge in [0, 0.05) is 19.0 Å². The number of hydrogen-bond acceptors (Lipinski definition) is 6. The molecule has 3 atom stereocenters. The largest absolute Gasteiger partial charge is 0.480 e. The summed E-state index contributed by atoms with van der Waals surface area (Å²) in [4.78, 5) is 38.1. The molecular formula is C26H28N2O7. The Kier molecular flexibility index (Phi) is 6.70. The predicted molar refractivity (Wildman–Crippen MR) is 125 cm³/mol. The SMILES string of the molecule is O=C(NC[C@@H]1C[C@H](C(=O)N2CCOCC2C(=O)O)CO1)OCC1c2ccccc2-c2ccccc21.